The summed E-state index contributed by atoms with van der Waals surface area (Å²) in [6, 6.07) is 15.5. The number of fused-ring (bicyclic) bond motifs is 1. The topological polar surface area (TPSA) is 105 Å². The van der Waals surface area contributed by atoms with E-state index in [1.165, 1.54) is 27.8 Å². The van der Waals surface area contributed by atoms with Gasteiger partial charge in [0.25, 0.3) is 11.2 Å². The number of hydrogen-bond donors (Lipinski definition) is 0. The molecule has 0 N–H and O–H groups in total. The van der Waals surface area contributed by atoms with Crippen LogP contribution < -0.4 is 10.3 Å². The van der Waals surface area contributed by atoms with Crippen LogP contribution in [0.25, 0.3) is 16.7 Å². The smallest absolute Gasteiger partial charge is 0.294 e. The Morgan fingerprint density at radius 2 is 1.82 bits per heavy atom. The zero-order valence-electron chi connectivity index (χ0n) is 14.6. The van der Waals surface area contributed by atoms with Crippen LogP contribution in [0.15, 0.2) is 71.9 Å². The largest absolute Gasteiger partial charge is 0.492 e. The van der Waals surface area contributed by atoms with Crippen molar-refractivity contribution in [3.8, 4) is 11.4 Å². The van der Waals surface area contributed by atoms with Crippen molar-refractivity contribution in [2.45, 2.75) is 6.54 Å². The van der Waals surface area contributed by atoms with Crippen LogP contribution >= 0.6 is 0 Å². The number of nitrogens with zero attached hydrogens (tertiary/aromatic N) is 5. The van der Waals surface area contributed by atoms with Gasteiger partial charge in [-0.2, -0.15) is 5.10 Å². The standard InChI is InChI=1S/C19H15N5O4/c25-19-15-12-21-23(16-8-4-5-9-17(16)24(26)27)18(15)20-13-22(19)10-11-28-14-6-2-1-3-7-14/h1-9,12-13H,10-11H2. The zero-order valence-corrected chi connectivity index (χ0v) is 14.6. The first-order chi connectivity index (χ1) is 13.6. The molecule has 9 nitrogen and oxygen atoms in total. The van der Waals surface area contributed by atoms with Crippen molar-refractivity contribution in [1.82, 2.24) is 19.3 Å². The number of rotatable bonds is 6. The lowest BCUT2D eigenvalue weighted by Gasteiger charge is -2.08. The summed E-state index contributed by atoms with van der Waals surface area (Å²) in [5.74, 6) is 0.716. The Hall–Kier alpha value is -4.01. The number of benzene rings is 2. The molecule has 140 valence electrons. The van der Waals surface area contributed by atoms with Crippen LogP contribution in [0.1, 0.15) is 0 Å². The number of nitro groups is 1. The first kappa shape index (κ1) is 17.4. The molecule has 0 amide bonds. The van der Waals surface area contributed by atoms with Crippen LogP contribution in [0.4, 0.5) is 5.69 Å². The molecule has 9 heteroatoms. The summed E-state index contributed by atoms with van der Waals surface area (Å²) in [6.45, 7) is 0.614. The molecule has 2 aromatic carbocycles. The molecule has 0 spiro atoms. The van der Waals surface area contributed by atoms with E-state index < -0.39 is 4.92 Å². The van der Waals surface area contributed by atoms with Gasteiger partial charge in [0, 0.05) is 6.07 Å². The Labute approximate surface area is 158 Å². The van der Waals surface area contributed by atoms with Gasteiger partial charge >= 0.3 is 0 Å². The van der Waals surface area contributed by atoms with Crippen molar-refractivity contribution >= 4 is 16.7 Å². The van der Waals surface area contributed by atoms with E-state index in [1.54, 1.807) is 18.2 Å². The van der Waals surface area contributed by atoms with E-state index >= 15 is 0 Å². The minimum Gasteiger partial charge on any atom is -0.492 e. The summed E-state index contributed by atoms with van der Waals surface area (Å²) in [5.41, 5.74) is 0.111. The molecule has 28 heavy (non-hydrogen) atoms. The molecular formula is C19H15N5O4. The van der Waals surface area contributed by atoms with Gasteiger partial charge in [0.15, 0.2) is 5.65 Å². The van der Waals surface area contributed by atoms with Crippen LogP contribution in [0.2, 0.25) is 0 Å². The van der Waals surface area contributed by atoms with Gasteiger partial charge in [-0.3, -0.25) is 19.5 Å². The highest BCUT2D eigenvalue weighted by Crippen LogP contribution is 2.23. The van der Waals surface area contributed by atoms with Crippen molar-refractivity contribution in [1.29, 1.82) is 0 Å². The maximum atomic E-state index is 12.7. The third-order valence-corrected chi connectivity index (χ3v) is 4.21. The molecule has 0 bridgehead atoms. The van der Waals surface area contributed by atoms with Crippen LogP contribution in [-0.2, 0) is 6.54 Å². The van der Waals surface area contributed by atoms with Gasteiger partial charge in [-0.05, 0) is 18.2 Å². The molecule has 0 saturated carbocycles. The minimum absolute atomic E-state index is 0.116. The highest BCUT2D eigenvalue weighted by atomic mass is 16.6. The Balaban J connectivity index is 1.63. The molecule has 0 fully saturated rings. The van der Waals surface area contributed by atoms with E-state index in [0.717, 1.165) is 0 Å². The minimum atomic E-state index is -0.495. The predicted molar refractivity (Wildman–Crippen MR) is 102 cm³/mol. The second kappa shape index (κ2) is 7.31. The van der Waals surface area contributed by atoms with E-state index in [-0.39, 0.29) is 28.0 Å². The molecule has 0 radical (unpaired) electrons. The third kappa shape index (κ3) is 3.20. The van der Waals surface area contributed by atoms with E-state index in [9.17, 15) is 14.9 Å². The van der Waals surface area contributed by atoms with Gasteiger partial charge in [0.1, 0.15) is 29.8 Å². The summed E-state index contributed by atoms with van der Waals surface area (Å²) < 4.78 is 8.34. The fourth-order valence-corrected chi connectivity index (χ4v) is 2.86. The number of ether oxygens (including phenoxy) is 1. The first-order valence-electron chi connectivity index (χ1n) is 8.50. The Morgan fingerprint density at radius 3 is 2.61 bits per heavy atom. The fourth-order valence-electron chi connectivity index (χ4n) is 2.86. The Kier molecular flexibility index (Phi) is 4.55. The summed E-state index contributed by atoms with van der Waals surface area (Å²) >= 11 is 0. The lowest BCUT2D eigenvalue weighted by atomic mass is 10.2. The summed E-state index contributed by atoms with van der Waals surface area (Å²) in [4.78, 5) is 27.8. The molecule has 0 aliphatic rings. The quantitative estimate of drug-likeness (QED) is 0.378. The van der Waals surface area contributed by atoms with Crippen molar-refractivity contribution in [3.63, 3.8) is 0 Å². The van der Waals surface area contributed by atoms with E-state index in [0.29, 0.717) is 18.9 Å². The van der Waals surface area contributed by atoms with Crippen molar-refractivity contribution < 1.29 is 9.66 Å². The third-order valence-electron chi connectivity index (χ3n) is 4.21. The maximum Gasteiger partial charge on any atom is 0.294 e. The molecule has 0 unspecified atom stereocenters. The zero-order chi connectivity index (χ0) is 19.5. The average Bonchev–Trinajstić information content (AvgIpc) is 3.15. The first-order valence-corrected chi connectivity index (χ1v) is 8.50. The lowest BCUT2D eigenvalue weighted by molar-refractivity contribution is -0.384. The fraction of sp³-hybridized carbons (Fsp3) is 0.105. The van der Waals surface area contributed by atoms with Gasteiger partial charge in [0.05, 0.1) is 17.7 Å². The van der Waals surface area contributed by atoms with Gasteiger partial charge < -0.3 is 4.74 Å². The van der Waals surface area contributed by atoms with Gasteiger partial charge in [-0.25, -0.2) is 9.67 Å². The van der Waals surface area contributed by atoms with Crippen LogP contribution in [0.5, 0.6) is 5.75 Å². The van der Waals surface area contributed by atoms with E-state index in [4.69, 9.17) is 4.74 Å². The molecule has 0 atom stereocenters. The average molecular weight is 377 g/mol. The SMILES string of the molecule is O=c1c2cnn(-c3ccccc3[N+](=O)[O-])c2ncn1CCOc1ccccc1. The highest BCUT2D eigenvalue weighted by Gasteiger charge is 2.19. The molecule has 0 aliphatic heterocycles. The molecule has 4 rings (SSSR count). The summed E-state index contributed by atoms with van der Waals surface area (Å²) in [5, 5.41) is 15.7. The van der Waals surface area contributed by atoms with E-state index in [1.807, 2.05) is 30.3 Å². The number of hydrogen-bond acceptors (Lipinski definition) is 6. The van der Waals surface area contributed by atoms with Crippen molar-refractivity contribution in [2.75, 3.05) is 6.61 Å². The summed E-state index contributed by atoms with van der Waals surface area (Å²) in [6.07, 6.45) is 2.77. The van der Waals surface area contributed by atoms with Crippen LogP contribution in [0, 0.1) is 10.1 Å². The Morgan fingerprint density at radius 1 is 1.07 bits per heavy atom. The van der Waals surface area contributed by atoms with Crippen LogP contribution in [0.3, 0.4) is 0 Å². The normalized spacial score (nSPS) is 10.9. The maximum absolute atomic E-state index is 12.7. The highest BCUT2D eigenvalue weighted by molar-refractivity contribution is 5.76. The molecule has 4 aromatic rings. The number of aromatic nitrogens is 4. The number of nitro benzene ring substituents is 1. The molecule has 2 heterocycles. The van der Waals surface area contributed by atoms with Gasteiger partial charge in [-0.15, -0.1) is 0 Å². The summed E-state index contributed by atoms with van der Waals surface area (Å²) in [7, 11) is 0. The lowest BCUT2D eigenvalue weighted by Crippen LogP contribution is -2.23. The molecule has 0 saturated heterocycles. The molecule has 2 aromatic heterocycles. The van der Waals surface area contributed by atoms with Crippen LogP contribution in [-0.4, -0.2) is 30.9 Å². The molecule has 0 aliphatic carbocycles. The van der Waals surface area contributed by atoms with Crippen molar-refractivity contribution in [3.05, 3.63) is 87.6 Å². The second-order valence-corrected chi connectivity index (χ2v) is 5.94. The van der Waals surface area contributed by atoms with Crippen molar-refractivity contribution in [2.24, 2.45) is 0 Å². The van der Waals surface area contributed by atoms with E-state index in [2.05, 4.69) is 10.1 Å². The second-order valence-electron chi connectivity index (χ2n) is 5.94. The van der Waals surface area contributed by atoms with Gasteiger partial charge in [0.2, 0.25) is 0 Å². The number of para-hydroxylation sites is 3. The van der Waals surface area contributed by atoms with Gasteiger partial charge in [-0.1, -0.05) is 30.3 Å². The Bertz CT molecular complexity index is 1200. The predicted octanol–water partition coefficient (Wildman–Crippen LogP) is 2.57. The molecular weight excluding hydrogens is 362 g/mol. The monoisotopic (exact) mass is 377 g/mol.